The van der Waals surface area contributed by atoms with Crippen LogP contribution in [0.3, 0.4) is 0 Å². The number of nitrogens with zero attached hydrogens (tertiary/aromatic N) is 1. The number of nitrogens with one attached hydrogen (secondary N) is 1. The third kappa shape index (κ3) is 2.99. The minimum Gasteiger partial charge on any atom is -0.399 e. The highest BCUT2D eigenvalue weighted by Gasteiger charge is 2.13. The lowest BCUT2D eigenvalue weighted by molar-refractivity contribution is 0.601. The summed E-state index contributed by atoms with van der Waals surface area (Å²) in [6.07, 6.45) is 1.43. The van der Waals surface area contributed by atoms with Gasteiger partial charge in [-0.2, -0.15) is 0 Å². The Bertz CT molecular complexity index is 639. The van der Waals surface area contributed by atoms with Gasteiger partial charge in [0.1, 0.15) is 4.60 Å². The van der Waals surface area contributed by atoms with Crippen LogP contribution in [0.1, 0.15) is 0 Å². The molecule has 0 bridgehead atoms. The number of hydrogen-bond donors (Lipinski definition) is 2. The van der Waals surface area contributed by atoms with E-state index in [1.807, 2.05) is 0 Å². The van der Waals surface area contributed by atoms with Crippen LogP contribution in [0.5, 0.6) is 0 Å². The summed E-state index contributed by atoms with van der Waals surface area (Å²) in [5.74, 6) is 0. The molecule has 0 atom stereocenters. The number of hydrogen-bond acceptors (Lipinski definition) is 4. The standard InChI is InChI=1S/C11H10BrN3O2S/c12-11-6-3-9(7-14-11)15-18(16,17)10-4-1-8(13)2-5-10/h1-7,15H,13H2. The van der Waals surface area contributed by atoms with Gasteiger partial charge < -0.3 is 5.73 Å². The number of pyridine rings is 1. The Balaban J connectivity index is 2.27. The van der Waals surface area contributed by atoms with Gasteiger partial charge in [0.2, 0.25) is 0 Å². The summed E-state index contributed by atoms with van der Waals surface area (Å²) >= 11 is 3.18. The fourth-order valence-corrected chi connectivity index (χ4v) is 2.58. The molecule has 0 unspecified atom stereocenters. The molecule has 18 heavy (non-hydrogen) atoms. The van der Waals surface area contributed by atoms with E-state index < -0.39 is 10.0 Å². The van der Waals surface area contributed by atoms with E-state index in [0.717, 1.165) is 0 Å². The molecule has 1 aromatic carbocycles. The first-order valence-electron chi connectivity index (χ1n) is 4.97. The molecule has 0 amide bonds. The maximum atomic E-state index is 12.0. The molecule has 0 aliphatic heterocycles. The summed E-state index contributed by atoms with van der Waals surface area (Å²) in [7, 11) is -3.60. The van der Waals surface area contributed by atoms with Gasteiger partial charge >= 0.3 is 0 Å². The van der Waals surface area contributed by atoms with Crippen LogP contribution < -0.4 is 10.5 Å². The summed E-state index contributed by atoms with van der Waals surface area (Å²) in [6, 6.07) is 9.24. The third-order valence-electron chi connectivity index (χ3n) is 2.17. The second-order valence-electron chi connectivity index (χ2n) is 3.54. The van der Waals surface area contributed by atoms with Gasteiger partial charge in [-0.15, -0.1) is 0 Å². The first-order chi connectivity index (χ1) is 8.47. The SMILES string of the molecule is Nc1ccc(S(=O)(=O)Nc2ccc(Br)nc2)cc1. The lowest BCUT2D eigenvalue weighted by Crippen LogP contribution is -2.13. The van der Waals surface area contributed by atoms with Crippen molar-refractivity contribution in [3.8, 4) is 0 Å². The van der Waals surface area contributed by atoms with Crippen LogP contribution >= 0.6 is 15.9 Å². The van der Waals surface area contributed by atoms with Crippen LogP contribution in [-0.4, -0.2) is 13.4 Å². The van der Waals surface area contributed by atoms with Gasteiger partial charge in [0, 0.05) is 5.69 Å². The fourth-order valence-electron chi connectivity index (χ4n) is 1.30. The molecule has 7 heteroatoms. The van der Waals surface area contributed by atoms with E-state index in [1.165, 1.54) is 30.5 Å². The number of benzene rings is 1. The number of nitrogen functional groups attached to an aromatic ring is 1. The van der Waals surface area contributed by atoms with Gasteiger partial charge in [-0.05, 0) is 52.3 Å². The Kier molecular flexibility index (Phi) is 3.53. The molecule has 1 heterocycles. The summed E-state index contributed by atoms with van der Waals surface area (Å²) in [5, 5.41) is 0. The Labute approximate surface area is 113 Å². The summed E-state index contributed by atoms with van der Waals surface area (Å²) in [6.45, 7) is 0. The Hall–Kier alpha value is -1.60. The zero-order valence-electron chi connectivity index (χ0n) is 9.17. The van der Waals surface area contributed by atoms with Crippen molar-refractivity contribution in [2.45, 2.75) is 4.90 Å². The molecule has 0 aliphatic rings. The normalized spacial score (nSPS) is 11.2. The maximum Gasteiger partial charge on any atom is 0.261 e. The van der Waals surface area contributed by atoms with Crippen molar-refractivity contribution in [1.29, 1.82) is 0 Å². The molecular weight excluding hydrogens is 318 g/mol. The second-order valence-corrected chi connectivity index (χ2v) is 6.04. The Morgan fingerprint density at radius 3 is 2.33 bits per heavy atom. The Morgan fingerprint density at radius 2 is 1.78 bits per heavy atom. The summed E-state index contributed by atoms with van der Waals surface area (Å²) < 4.78 is 27.1. The molecule has 2 rings (SSSR count). The largest absolute Gasteiger partial charge is 0.399 e. The zero-order chi connectivity index (χ0) is 13.2. The number of nitrogens with two attached hydrogens (primary N) is 1. The van der Waals surface area contributed by atoms with Crippen molar-refractivity contribution in [3.63, 3.8) is 0 Å². The van der Waals surface area contributed by atoms with E-state index in [9.17, 15) is 8.42 Å². The molecule has 3 N–H and O–H groups in total. The first-order valence-corrected chi connectivity index (χ1v) is 7.25. The number of anilines is 2. The highest BCUT2D eigenvalue weighted by molar-refractivity contribution is 9.10. The molecule has 0 aliphatic carbocycles. The minimum atomic E-state index is -3.60. The highest BCUT2D eigenvalue weighted by atomic mass is 79.9. The third-order valence-corrected chi connectivity index (χ3v) is 4.04. The van der Waals surface area contributed by atoms with Gasteiger partial charge in [-0.3, -0.25) is 4.72 Å². The lowest BCUT2D eigenvalue weighted by Gasteiger charge is -2.07. The molecule has 0 saturated heterocycles. The van der Waals surface area contributed by atoms with E-state index in [4.69, 9.17) is 5.73 Å². The molecule has 0 radical (unpaired) electrons. The highest BCUT2D eigenvalue weighted by Crippen LogP contribution is 2.17. The van der Waals surface area contributed by atoms with E-state index in [2.05, 4.69) is 25.6 Å². The fraction of sp³-hybridized carbons (Fsp3) is 0. The zero-order valence-corrected chi connectivity index (χ0v) is 11.6. The monoisotopic (exact) mass is 327 g/mol. The smallest absolute Gasteiger partial charge is 0.261 e. The number of halogens is 1. The second kappa shape index (κ2) is 4.95. The topological polar surface area (TPSA) is 85.1 Å². The van der Waals surface area contributed by atoms with Crippen LogP contribution in [-0.2, 0) is 10.0 Å². The first kappa shape index (κ1) is 12.8. The average Bonchev–Trinajstić information content (AvgIpc) is 2.32. The summed E-state index contributed by atoms with van der Waals surface area (Å²) in [4.78, 5) is 4.09. The van der Waals surface area contributed by atoms with Crippen LogP contribution in [0.4, 0.5) is 11.4 Å². The van der Waals surface area contributed by atoms with Crippen LogP contribution in [0.15, 0.2) is 52.1 Å². The van der Waals surface area contributed by atoms with Gasteiger partial charge in [0.05, 0.1) is 16.8 Å². The van der Waals surface area contributed by atoms with E-state index >= 15 is 0 Å². The number of sulfonamides is 1. The summed E-state index contributed by atoms with van der Waals surface area (Å²) in [5.41, 5.74) is 6.42. The molecule has 2 aromatic rings. The maximum absolute atomic E-state index is 12.0. The van der Waals surface area contributed by atoms with Crippen molar-refractivity contribution < 1.29 is 8.42 Å². The van der Waals surface area contributed by atoms with Crippen LogP contribution in [0.2, 0.25) is 0 Å². The van der Waals surface area contributed by atoms with E-state index in [-0.39, 0.29) is 4.90 Å². The molecule has 94 valence electrons. The molecule has 0 saturated carbocycles. The van der Waals surface area contributed by atoms with Crippen LogP contribution in [0, 0.1) is 0 Å². The van der Waals surface area contributed by atoms with Crippen molar-refractivity contribution in [3.05, 3.63) is 47.2 Å². The van der Waals surface area contributed by atoms with Crippen LogP contribution in [0.25, 0.3) is 0 Å². The quantitative estimate of drug-likeness (QED) is 0.668. The van der Waals surface area contributed by atoms with Crippen molar-refractivity contribution in [1.82, 2.24) is 4.98 Å². The van der Waals surface area contributed by atoms with E-state index in [0.29, 0.717) is 16.0 Å². The average molecular weight is 328 g/mol. The van der Waals surface area contributed by atoms with Crippen molar-refractivity contribution >= 4 is 37.3 Å². The molecule has 1 aromatic heterocycles. The van der Waals surface area contributed by atoms with Gasteiger partial charge in [-0.1, -0.05) is 0 Å². The van der Waals surface area contributed by atoms with Crippen molar-refractivity contribution in [2.24, 2.45) is 0 Å². The lowest BCUT2D eigenvalue weighted by atomic mass is 10.3. The predicted molar refractivity (Wildman–Crippen MR) is 73.6 cm³/mol. The molecular formula is C11H10BrN3O2S. The van der Waals surface area contributed by atoms with Crippen molar-refractivity contribution in [2.75, 3.05) is 10.5 Å². The molecule has 0 fully saturated rings. The molecule has 5 nitrogen and oxygen atoms in total. The van der Waals surface area contributed by atoms with Gasteiger partial charge in [0.25, 0.3) is 10.0 Å². The number of rotatable bonds is 3. The Morgan fingerprint density at radius 1 is 1.11 bits per heavy atom. The predicted octanol–water partition coefficient (Wildman–Crippen LogP) is 2.23. The number of aromatic nitrogens is 1. The van der Waals surface area contributed by atoms with Gasteiger partial charge in [-0.25, -0.2) is 13.4 Å². The minimum absolute atomic E-state index is 0.152. The van der Waals surface area contributed by atoms with Gasteiger partial charge in [0.15, 0.2) is 0 Å². The van der Waals surface area contributed by atoms with E-state index in [1.54, 1.807) is 12.1 Å². The molecule has 0 spiro atoms.